The monoisotopic (exact) mass is 551 g/mol. The fourth-order valence-corrected chi connectivity index (χ4v) is 7.73. The highest BCUT2D eigenvalue weighted by Crippen LogP contribution is 2.53. The van der Waals surface area contributed by atoms with Crippen molar-refractivity contribution in [2.45, 2.75) is 82.0 Å². The summed E-state index contributed by atoms with van der Waals surface area (Å²) < 4.78 is 0. The number of hydrogen-bond acceptors (Lipinski definition) is 6. The van der Waals surface area contributed by atoms with Gasteiger partial charge in [-0.1, -0.05) is 43.3 Å². The van der Waals surface area contributed by atoms with E-state index in [1.807, 2.05) is 42.2 Å². The maximum absolute atomic E-state index is 13.7. The van der Waals surface area contributed by atoms with E-state index in [0.29, 0.717) is 17.4 Å². The van der Waals surface area contributed by atoms with Gasteiger partial charge < -0.3 is 25.3 Å². The van der Waals surface area contributed by atoms with E-state index in [4.69, 9.17) is 0 Å². The molecular weight excluding hydrogens is 514 g/mol. The molecular formula is C30H37N3O5S. The highest BCUT2D eigenvalue weighted by molar-refractivity contribution is 8.01. The van der Waals surface area contributed by atoms with Crippen molar-refractivity contribution in [2.24, 2.45) is 5.92 Å². The van der Waals surface area contributed by atoms with E-state index in [0.717, 1.165) is 31.2 Å². The minimum Gasteiger partial charge on any atom is -0.508 e. The summed E-state index contributed by atoms with van der Waals surface area (Å²) in [5.74, 6) is -0.134. The smallest absolute Gasteiger partial charge is 0.255 e. The number of carbonyl (C=O) groups excluding carboxylic acids is 3. The lowest BCUT2D eigenvalue weighted by Crippen LogP contribution is -2.76. The van der Waals surface area contributed by atoms with Crippen LogP contribution in [0.1, 0.15) is 61.0 Å². The normalized spacial score (nSPS) is 27.9. The van der Waals surface area contributed by atoms with Crippen molar-refractivity contribution < 1.29 is 24.6 Å². The summed E-state index contributed by atoms with van der Waals surface area (Å²) in [5.41, 5.74) is 1.53. The largest absolute Gasteiger partial charge is 0.508 e. The second-order valence-electron chi connectivity index (χ2n) is 11.3. The van der Waals surface area contributed by atoms with E-state index >= 15 is 0 Å². The number of thioether (sulfide) groups is 1. The maximum atomic E-state index is 13.7. The number of nitrogens with zero attached hydrogens (tertiary/aromatic N) is 2. The Morgan fingerprint density at radius 2 is 1.79 bits per heavy atom. The molecule has 3 aliphatic rings. The molecule has 8 nitrogen and oxygen atoms in total. The number of aromatic hydroxyl groups is 1. The van der Waals surface area contributed by atoms with E-state index in [2.05, 4.69) is 12.2 Å². The zero-order valence-corrected chi connectivity index (χ0v) is 23.5. The minimum absolute atomic E-state index is 0.00673. The number of amides is 3. The first-order valence-corrected chi connectivity index (χ1v) is 14.7. The van der Waals surface area contributed by atoms with Crippen molar-refractivity contribution in [2.75, 3.05) is 5.88 Å². The highest BCUT2D eigenvalue weighted by atomic mass is 32.2. The molecule has 208 valence electrons. The molecule has 0 aromatic heterocycles. The topological polar surface area (TPSA) is 110 Å². The van der Waals surface area contributed by atoms with Gasteiger partial charge in [0.1, 0.15) is 16.7 Å². The lowest BCUT2D eigenvalue weighted by atomic mass is 9.82. The van der Waals surface area contributed by atoms with E-state index in [9.17, 15) is 24.6 Å². The quantitative estimate of drug-likeness (QED) is 0.455. The maximum Gasteiger partial charge on any atom is 0.255 e. The van der Waals surface area contributed by atoms with Crippen molar-refractivity contribution in [1.29, 1.82) is 0 Å². The number of phenolic OH excluding ortho intramolecular Hbond substituents is 1. The summed E-state index contributed by atoms with van der Waals surface area (Å²) in [6.07, 6.45) is 2.83. The summed E-state index contributed by atoms with van der Waals surface area (Å²) in [5, 5.41) is 24.3. The molecule has 0 spiro atoms. The van der Waals surface area contributed by atoms with Crippen LogP contribution < -0.4 is 5.32 Å². The summed E-state index contributed by atoms with van der Waals surface area (Å²) in [6.45, 7) is 5.91. The van der Waals surface area contributed by atoms with E-state index < -0.39 is 34.9 Å². The molecule has 2 saturated heterocycles. The molecule has 1 saturated carbocycles. The first-order chi connectivity index (χ1) is 18.6. The van der Waals surface area contributed by atoms with Gasteiger partial charge in [0.15, 0.2) is 6.10 Å². The van der Waals surface area contributed by atoms with E-state index in [1.165, 1.54) is 11.0 Å². The number of nitrogens with one attached hydrogen (secondary N) is 1. The molecule has 39 heavy (non-hydrogen) atoms. The first-order valence-electron chi connectivity index (χ1n) is 13.7. The lowest BCUT2D eigenvalue weighted by Gasteiger charge is -2.57. The standard InChI is InChI=1S/C30H37N3O5S/c1-18-12-14-21(15-13-18)33-29(38)26-30(33,3)39-17-32(26)28(37)25(35)23(16-20-8-5-4-6-9-20)31-27(36)22-10-7-11-24(34)19(22)2/h4-11,18,21,23,25-26,34-35H,12-17H2,1-3H3,(H,31,36)/t18?,21?,23-,25-,26+,30?/m0/s1. The molecule has 0 bridgehead atoms. The zero-order valence-electron chi connectivity index (χ0n) is 22.7. The summed E-state index contributed by atoms with van der Waals surface area (Å²) in [6, 6.07) is 12.6. The Kier molecular flexibility index (Phi) is 7.66. The number of aliphatic hydroxyl groups is 1. The van der Waals surface area contributed by atoms with Crippen molar-refractivity contribution in [3.63, 3.8) is 0 Å². The molecule has 9 heteroatoms. The third-order valence-electron chi connectivity index (χ3n) is 8.70. The van der Waals surface area contributed by atoms with Crippen molar-refractivity contribution >= 4 is 29.5 Å². The predicted molar refractivity (Wildman–Crippen MR) is 150 cm³/mol. The predicted octanol–water partition coefficient (Wildman–Crippen LogP) is 3.44. The second-order valence-corrected chi connectivity index (χ2v) is 12.7. The summed E-state index contributed by atoms with van der Waals surface area (Å²) in [4.78, 5) is 43.3. The van der Waals surface area contributed by atoms with Gasteiger partial charge in [0.25, 0.3) is 11.8 Å². The molecule has 5 rings (SSSR count). The number of benzene rings is 2. The van der Waals surface area contributed by atoms with Crippen molar-refractivity contribution in [3.8, 4) is 5.75 Å². The van der Waals surface area contributed by atoms with Gasteiger partial charge in [-0.25, -0.2) is 0 Å². The van der Waals surface area contributed by atoms with Gasteiger partial charge in [0.05, 0.1) is 11.9 Å². The Balaban J connectivity index is 1.34. The number of likely N-dealkylation sites (tertiary alicyclic amines) is 1. The third kappa shape index (κ3) is 5.02. The molecule has 3 amide bonds. The van der Waals surface area contributed by atoms with Crippen LogP contribution in [0.4, 0.5) is 0 Å². The molecule has 1 aliphatic carbocycles. The number of aliphatic hydroxyl groups excluding tert-OH is 1. The minimum atomic E-state index is -1.55. The first kappa shape index (κ1) is 27.5. The zero-order chi connectivity index (χ0) is 27.9. The number of carbonyl (C=O) groups is 3. The SMILES string of the molecule is Cc1c(O)cccc1C(=O)N[C@@H](Cc1ccccc1)[C@H](O)C(=O)N1CSC2(C)[C@H]1C(=O)N2C1CCC(C)CC1. The lowest BCUT2D eigenvalue weighted by molar-refractivity contribution is -0.172. The molecule has 0 radical (unpaired) electrons. The number of fused-ring (bicyclic) bond motifs is 1. The molecule has 2 aromatic carbocycles. The van der Waals surface area contributed by atoms with Gasteiger partial charge in [0.2, 0.25) is 5.91 Å². The van der Waals surface area contributed by atoms with Crippen LogP contribution in [0.2, 0.25) is 0 Å². The van der Waals surface area contributed by atoms with Crippen LogP contribution in [0.3, 0.4) is 0 Å². The molecule has 3 fully saturated rings. The van der Waals surface area contributed by atoms with Crippen LogP contribution in [0.25, 0.3) is 0 Å². The molecule has 2 heterocycles. The van der Waals surface area contributed by atoms with Gasteiger partial charge in [-0.2, -0.15) is 0 Å². The highest BCUT2D eigenvalue weighted by Gasteiger charge is 2.66. The van der Waals surface area contributed by atoms with E-state index in [-0.39, 0.29) is 29.7 Å². The third-order valence-corrected chi connectivity index (χ3v) is 10.1. The Labute approximate surface area is 233 Å². The van der Waals surface area contributed by atoms with Crippen LogP contribution >= 0.6 is 11.8 Å². The molecule has 3 N–H and O–H groups in total. The van der Waals surface area contributed by atoms with E-state index in [1.54, 1.807) is 30.8 Å². The van der Waals surface area contributed by atoms with Gasteiger partial charge in [0, 0.05) is 17.2 Å². The summed E-state index contributed by atoms with van der Waals surface area (Å²) in [7, 11) is 0. The molecule has 2 aromatic rings. The van der Waals surface area contributed by atoms with Gasteiger partial charge in [-0.05, 0) is 69.6 Å². The second kappa shape index (κ2) is 10.8. The van der Waals surface area contributed by atoms with Crippen LogP contribution in [0.15, 0.2) is 48.5 Å². The fourth-order valence-electron chi connectivity index (χ4n) is 6.29. The van der Waals surface area contributed by atoms with Crippen LogP contribution in [-0.4, -0.2) is 72.7 Å². The Bertz CT molecular complexity index is 1250. The number of phenols is 1. The number of rotatable bonds is 7. The van der Waals surface area contributed by atoms with Crippen molar-refractivity contribution in [3.05, 3.63) is 65.2 Å². The van der Waals surface area contributed by atoms with Crippen molar-refractivity contribution in [1.82, 2.24) is 15.1 Å². The Morgan fingerprint density at radius 1 is 1.10 bits per heavy atom. The average molecular weight is 552 g/mol. The van der Waals surface area contributed by atoms with Crippen LogP contribution in [0, 0.1) is 12.8 Å². The average Bonchev–Trinajstić information content (AvgIpc) is 3.23. The molecule has 1 unspecified atom stereocenters. The van der Waals surface area contributed by atoms with Crippen LogP contribution in [0.5, 0.6) is 5.75 Å². The van der Waals surface area contributed by atoms with Gasteiger partial charge in [-0.3, -0.25) is 14.4 Å². The van der Waals surface area contributed by atoms with Crippen LogP contribution in [-0.2, 0) is 16.0 Å². The summed E-state index contributed by atoms with van der Waals surface area (Å²) >= 11 is 1.57. The number of hydrogen-bond donors (Lipinski definition) is 3. The number of β-lactam (4-membered cyclic amide) rings is 1. The molecule has 4 atom stereocenters. The Hall–Kier alpha value is -3.04. The Morgan fingerprint density at radius 3 is 2.49 bits per heavy atom. The fraction of sp³-hybridized carbons (Fsp3) is 0.500. The van der Waals surface area contributed by atoms with Gasteiger partial charge >= 0.3 is 0 Å². The molecule has 2 aliphatic heterocycles. The van der Waals surface area contributed by atoms with Gasteiger partial charge in [-0.15, -0.1) is 11.8 Å².